The number of primary amides is 1. The lowest BCUT2D eigenvalue weighted by molar-refractivity contribution is -0.137. The average Bonchev–Trinajstić information content (AvgIpc) is 1.51. The van der Waals surface area contributed by atoms with E-state index < -0.39 is 64.7 Å². The monoisotopic (exact) mass is 1650 g/mol. The van der Waals surface area contributed by atoms with Gasteiger partial charge in [-0.3, -0.25) is 49.1 Å². The van der Waals surface area contributed by atoms with Gasteiger partial charge in [-0.1, -0.05) is 133 Å². The van der Waals surface area contributed by atoms with Crippen LogP contribution in [0.3, 0.4) is 0 Å². The first-order valence-corrected chi connectivity index (χ1v) is 47.6. The molecule has 32 heteroatoms. The lowest BCUT2D eigenvalue weighted by Crippen LogP contribution is -2.54. The van der Waals surface area contributed by atoms with Crippen molar-refractivity contribution in [2.45, 2.75) is 224 Å². The van der Waals surface area contributed by atoms with Crippen LogP contribution in [0.1, 0.15) is 178 Å². The van der Waals surface area contributed by atoms with Crippen molar-refractivity contribution < 1.29 is 85.2 Å². The van der Waals surface area contributed by atoms with Gasteiger partial charge in [0.25, 0.3) is 23.6 Å². The van der Waals surface area contributed by atoms with Crippen molar-refractivity contribution in [1.29, 1.82) is 0 Å². The Morgan fingerprint density at radius 2 is 1.16 bits per heavy atom. The molecule has 1 saturated carbocycles. The largest absolute Gasteiger partial charge is 0.493 e. The maximum absolute atomic E-state index is 15.0. The summed E-state index contributed by atoms with van der Waals surface area (Å²) in [6.07, 6.45) is 8.44. The summed E-state index contributed by atoms with van der Waals surface area (Å²) in [7, 11) is 2.00. The lowest BCUT2D eigenvalue weighted by Gasteiger charge is -2.39. The first-order valence-electron chi connectivity index (χ1n) is 39.5. The van der Waals surface area contributed by atoms with E-state index in [9.17, 15) is 43.2 Å². The third kappa shape index (κ3) is 26.7. The maximum Gasteiger partial charge on any atom is 0.411 e. The second-order valence-electron chi connectivity index (χ2n) is 33.0. The van der Waals surface area contributed by atoms with Gasteiger partial charge < -0.3 is 74.1 Å². The Kier molecular flexibility index (Phi) is 34.4. The van der Waals surface area contributed by atoms with Crippen molar-refractivity contribution in [2.75, 3.05) is 95.1 Å². The van der Waals surface area contributed by atoms with Crippen LogP contribution in [0.5, 0.6) is 23.0 Å². The van der Waals surface area contributed by atoms with Crippen LogP contribution in [-0.2, 0) is 48.9 Å². The number of benzene rings is 3. The number of imide groups is 1. The number of urea groups is 1. The van der Waals surface area contributed by atoms with Gasteiger partial charge in [-0.25, -0.2) is 14.4 Å². The van der Waals surface area contributed by atoms with Crippen molar-refractivity contribution in [3.63, 3.8) is 0 Å². The molecule has 4 atom stereocenters. The molecular weight excluding hydrogens is 1530 g/mol. The number of unbranched alkanes of at least 4 members (excludes halogenated alkanes) is 4. The molecule has 0 radical (unpaired) electrons. The number of hydrogen-bond acceptors (Lipinski definition) is 20. The molecule has 3 aliphatic heterocycles. The molecular formula is C82H122N10O18S2Si2. The Morgan fingerprint density at radius 1 is 0.649 bits per heavy atom. The number of carbonyl (C=O) groups excluding carboxylic acids is 10. The van der Waals surface area contributed by atoms with Crippen molar-refractivity contribution in [1.82, 2.24) is 30.7 Å². The highest BCUT2D eigenvalue weighted by Gasteiger charge is 2.44. The summed E-state index contributed by atoms with van der Waals surface area (Å²) in [4.78, 5) is 139. The Balaban J connectivity index is 1.02. The van der Waals surface area contributed by atoms with E-state index in [1.165, 1.54) is 38.5 Å². The SMILES string of the molecule is C=C1C[C@@H](CO[Si](C)(C)C(C)(C)C)N(C(=O)c2cc(OC)c(OCCCCCOc3cc(NC(=O)OCC4(SSCC)CCC4)c(C(=O)N4CC(=C)C[C@H]4CO[Si](C)(C)C(C)(C)C)cc3OC)cc2NC(=O)OCc2ccc(NC(=O)[C@H](CCCNC(N)=O)NC(=O)[C@@H](NC(=O)CCCCCN3C(=O)C=CC3=O)C(C)C)cc2)C1. The Bertz CT molecular complexity index is 3940. The summed E-state index contributed by atoms with van der Waals surface area (Å²) in [6.45, 7) is 37.6. The molecule has 0 spiro atoms. The van der Waals surface area contributed by atoms with Crippen LogP contribution >= 0.6 is 21.6 Å². The van der Waals surface area contributed by atoms with Gasteiger partial charge in [-0.2, -0.15) is 0 Å². The molecule has 28 nitrogen and oxygen atoms in total. The molecule has 7 rings (SSSR count). The van der Waals surface area contributed by atoms with Gasteiger partial charge in [0.2, 0.25) is 17.7 Å². The number of carbonyl (C=O) groups is 10. The van der Waals surface area contributed by atoms with E-state index in [0.29, 0.717) is 81.5 Å². The minimum Gasteiger partial charge on any atom is -0.493 e. The molecule has 8 N–H and O–H groups in total. The number of likely N-dealkylation sites (tertiary alicyclic amines) is 2. The first kappa shape index (κ1) is 92.6. The lowest BCUT2D eigenvalue weighted by atomic mass is 9.85. The number of nitrogens with two attached hydrogens (primary N) is 1. The van der Waals surface area contributed by atoms with Gasteiger partial charge in [-0.05, 0) is 143 Å². The average molecular weight is 1660 g/mol. The van der Waals surface area contributed by atoms with Crippen LogP contribution in [0.4, 0.5) is 31.4 Å². The van der Waals surface area contributed by atoms with Crippen LogP contribution < -0.4 is 56.6 Å². The van der Waals surface area contributed by atoms with E-state index in [1.807, 2.05) is 0 Å². The number of hydrogen-bond donors (Lipinski definition) is 7. The van der Waals surface area contributed by atoms with E-state index in [2.05, 4.69) is 120 Å². The summed E-state index contributed by atoms with van der Waals surface area (Å²) in [5.74, 6) is -1.48. The Hall–Kier alpha value is -8.57. The fraction of sp³-hybridized carbons (Fsp3) is 0.585. The first-order chi connectivity index (χ1) is 53.8. The van der Waals surface area contributed by atoms with Crippen LogP contribution in [0.25, 0.3) is 0 Å². The zero-order valence-electron chi connectivity index (χ0n) is 69.3. The number of nitrogens with zero attached hydrogens (tertiary/aromatic N) is 3. The predicted molar refractivity (Wildman–Crippen MR) is 450 cm³/mol. The van der Waals surface area contributed by atoms with Crippen molar-refractivity contribution in [3.05, 3.63) is 102 Å². The minimum atomic E-state index is -2.26. The third-order valence-electron chi connectivity index (χ3n) is 21.7. The topological polar surface area (TPSA) is 352 Å². The summed E-state index contributed by atoms with van der Waals surface area (Å²) < 4.78 is 49.3. The van der Waals surface area contributed by atoms with Crippen LogP contribution in [0, 0.1) is 5.92 Å². The molecule has 114 heavy (non-hydrogen) atoms. The molecule has 4 aliphatic rings. The van der Waals surface area contributed by atoms with E-state index in [-0.39, 0.29) is 168 Å². The molecule has 0 aromatic heterocycles. The molecule has 11 amide bonds. The molecule has 1 aliphatic carbocycles. The van der Waals surface area contributed by atoms with Crippen LogP contribution in [0.15, 0.2) is 85.0 Å². The van der Waals surface area contributed by atoms with Crippen molar-refractivity contribution in [2.24, 2.45) is 11.7 Å². The molecule has 3 aromatic carbocycles. The molecule has 3 heterocycles. The zero-order chi connectivity index (χ0) is 83.9. The van der Waals surface area contributed by atoms with E-state index in [0.717, 1.165) is 41.1 Å². The molecule has 0 bridgehead atoms. The van der Waals surface area contributed by atoms with E-state index >= 15 is 4.79 Å². The number of ether oxygens (including phenoxy) is 6. The van der Waals surface area contributed by atoms with Gasteiger partial charge in [0, 0.05) is 68.3 Å². The van der Waals surface area contributed by atoms with Crippen molar-refractivity contribution in [3.8, 4) is 23.0 Å². The normalized spacial score (nSPS) is 16.8. The highest BCUT2D eigenvalue weighted by molar-refractivity contribution is 8.77. The zero-order valence-corrected chi connectivity index (χ0v) is 73.0. The van der Waals surface area contributed by atoms with Gasteiger partial charge in [0.05, 0.1) is 80.0 Å². The molecule has 3 aromatic rings. The summed E-state index contributed by atoms with van der Waals surface area (Å²) in [5, 5.41) is 16.4. The number of methoxy groups -OCH3 is 2. The number of anilines is 3. The molecule has 628 valence electrons. The summed E-state index contributed by atoms with van der Waals surface area (Å²) in [6, 6.07) is 9.18. The smallest absolute Gasteiger partial charge is 0.411 e. The van der Waals surface area contributed by atoms with E-state index in [4.69, 9.17) is 43.0 Å². The van der Waals surface area contributed by atoms with E-state index in [1.54, 1.807) is 81.6 Å². The quantitative estimate of drug-likeness (QED) is 0.00909. The number of nitrogens with one attached hydrogen (secondary N) is 6. The van der Waals surface area contributed by atoms with Gasteiger partial charge in [0.1, 0.15) is 25.3 Å². The fourth-order valence-corrected chi connectivity index (χ4v) is 17.4. The Morgan fingerprint density at radius 3 is 1.62 bits per heavy atom. The fourth-order valence-electron chi connectivity index (χ4n) is 12.6. The molecule has 3 fully saturated rings. The van der Waals surface area contributed by atoms with Crippen molar-refractivity contribution >= 4 is 115 Å². The van der Waals surface area contributed by atoms with Gasteiger partial charge >= 0.3 is 18.2 Å². The van der Waals surface area contributed by atoms with Gasteiger partial charge in [0.15, 0.2) is 39.6 Å². The highest BCUT2D eigenvalue weighted by atomic mass is 33.1. The third-order valence-corrected chi connectivity index (χ3v) is 34.1. The highest BCUT2D eigenvalue weighted by Crippen LogP contribution is 2.50. The maximum atomic E-state index is 15.0. The standard InChI is InChI=1S/C82H122N10O18S2Si2/c1-18-111-112-82(35-26-36-82)52-108-79(102)88-64-46-68(66(104-13)44-61(64)76(99)92-48-55(5)42-59(92)51-110-114(16,17)81(9,10)11)106-40-24-20-23-39-105-67-45-63(60(43-65(67)103-12)75(98)91-47-54(4)41-58(91)50-109-113(14,15)80(6,7)8)87-78(101)107-49-56-29-31-57(32-30-56)85-73(96)62(27-25-37-84-77(83)100)86-74(97)72(53(2)3)89-69(93)28-21-19-22-38-90-70(94)33-34-71(90)95/h29-34,43-46,53,58-59,62,72H,4-5,18-28,35-42,47-52H2,1-3,6-17H3,(H,85,96)(H,86,97)(H,87,101)(H,88,102)(H,89,93)(H3,83,84,100)/t58-,59-,62-,72-/m0/s1. The van der Waals surface area contributed by atoms with Crippen LogP contribution in [-0.4, -0.2) is 199 Å². The second kappa shape index (κ2) is 42.3. The number of amides is 11. The van der Waals surface area contributed by atoms with Crippen LogP contribution in [0.2, 0.25) is 36.3 Å². The Labute approximate surface area is 682 Å². The minimum absolute atomic E-state index is 0.0447. The molecule has 2 saturated heterocycles. The predicted octanol–water partition coefficient (Wildman–Crippen LogP) is 14.0. The second-order valence-corrected chi connectivity index (χ2v) is 45.6. The van der Waals surface area contributed by atoms with Gasteiger partial charge in [-0.15, -0.1) is 0 Å². The number of rotatable bonds is 43. The summed E-state index contributed by atoms with van der Waals surface area (Å²) in [5.41, 5.74) is 8.47. The summed E-state index contributed by atoms with van der Waals surface area (Å²) >= 11 is 0. The molecule has 0 unspecified atom stereocenters.